The van der Waals surface area contributed by atoms with Crippen LogP contribution in [0.5, 0.6) is 0 Å². The molecule has 1 heterocycles. The Morgan fingerprint density at radius 2 is 1.81 bits per heavy atom. The van der Waals surface area contributed by atoms with Crippen molar-refractivity contribution in [2.45, 2.75) is 30.7 Å². The first-order chi connectivity index (χ1) is 9.53. The van der Waals surface area contributed by atoms with Crippen molar-refractivity contribution in [1.82, 2.24) is 4.72 Å². The van der Waals surface area contributed by atoms with Crippen molar-refractivity contribution in [3.63, 3.8) is 0 Å². The minimum atomic E-state index is -3.82. The van der Waals surface area contributed by atoms with Gasteiger partial charge in [-0.1, -0.05) is 12.1 Å². The molecule has 0 bridgehead atoms. The first-order valence-electron chi connectivity index (χ1n) is 6.38. The van der Waals surface area contributed by atoms with Crippen LogP contribution in [-0.2, 0) is 19.9 Å². The van der Waals surface area contributed by atoms with Crippen LogP contribution in [0.15, 0.2) is 29.2 Å². The normalized spacial score (nSPS) is 24.9. The van der Waals surface area contributed by atoms with E-state index in [1.165, 1.54) is 31.2 Å². The highest BCUT2D eigenvalue weighted by molar-refractivity contribution is 7.92. The molecule has 0 unspecified atom stereocenters. The van der Waals surface area contributed by atoms with Gasteiger partial charge in [-0.25, -0.2) is 21.6 Å². The van der Waals surface area contributed by atoms with E-state index in [2.05, 4.69) is 4.72 Å². The Balaban J connectivity index is 2.25. The zero-order valence-electron chi connectivity index (χ0n) is 11.8. The number of hydrogen-bond acceptors (Lipinski definition) is 5. The molecule has 0 aliphatic carbocycles. The fraction of sp³-hybridized carbons (Fsp3) is 0.462. The van der Waals surface area contributed by atoms with Crippen LogP contribution in [0.3, 0.4) is 0 Å². The number of rotatable bonds is 4. The average molecular weight is 331 g/mol. The minimum absolute atomic E-state index is 0.0121. The van der Waals surface area contributed by atoms with Crippen molar-refractivity contribution < 1.29 is 21.6 Å². The van der Waals surface area contributed by atoms with Crippen LogP contribution in [0.4, 0.5) is 0 Å². The lowest BCUT2D eigenvalue weighted by Gasteiger charge is -2.23. The molecule has 1 aromatic carbocycles. The second-order valence-electron chi connectivity index (χ2n) is 5.59. The van der Waals surface area contributed by atoms with Crippen molar-refractivity contribution in [2.75, 3.05) is 11.5 Å². The SMILES string of the molecule is CC(=O)c1ccc(S(=O)(=O)N[C@]2(C)CCS(=O)(=O)C2)cc1. The van der Waals surface area contributed by atoms with Gasteiger partial charge in [0.15, 0.2) is 15.6 Å². The van der Waals surface area contributed by atoms with Crippen LogP contribution < -0.4 is 4.72 Å². The van der Waals surface area contributed by atoms with Gasteiger partial charge in [0.25, 0.3) is 0 Å². The van der Waals surface area contributed by atoms with Crippen LogP contribution in [0.1, 0.15) is 30.6 Å². The maximum atomic E-state index is 12.3. The summed E-state index contributed by atoms with van der Waals surface area (Å²) in [6.45, 7) is 2.98. The maximum Gasteiger partial charge on any atom is 0.241 e. The molecule has 1 aromatic rings. The quantitative estimate of drug-likeness (QED) is 0.821. The van der Waals surface area contributed by atoms with E-state index in [4.69, 9.17) is 0 Å². The monoisotopic (exact) mass is 331 g/mol. The largest absolute Gasteiger partial charge is 0.295 e. The van der Waals surface area contributed by atoms with Gasteiger partial charge in [0.1, 0.15) is 0 Å². The Hall–Kier alpha value is -1.25. The topological polar surface area (TPSA) is 97.4 Å². The lowest BCUT2D eigenvalue weighted by atomic mass is 10.0. The van der Waals surface area contributed by atoms with E-state index in [0.717, 1.165) is 0 Å². The molecule has 0 radical (unpaired) electrons. The Morgan fingerprint density at radius 3 is 2.24 bits per heavy atom. The van der Waals surface area contributed by atoms with Gasteiger partial charge in [-0.15, -0.1) is 0 Å². The second-order valence-corrected chi connectivity index (χ2v) is 9.46. The number of carbonyl (C=O) groups is 1. The molecular formula is C13H17NO5S2. The molecule has 0 amide bonds. The smallest absolute Gasteiger partial charge is 0.241 e. The molecular weight excluding hydrogens is 314 g/mol. The van der Waals surface area contributed by atoms with Crippen LogP contribution in [0, 0.1) is 0 Å². The van der Waals surface area contributed by atoms with Crippen molar-refractivity contribution in [3.8, 4) is 0 Å². The zero-order chi connectivity index (χ0) is 15.9. The lowest BCUT2D eigenvalue weighted by molar-refractivity contribution is 0.101. The predicted octanol–water partition coefficient (Wildman–Crippen LogP) is 0.745. The fourth-order valence-corrected chi connectivity index (χ4v) is 5.96. The van der Waals surface area contributed by atoms with E-state index in [-0.39, 0.29) is 28.6 Å². The van der Waals surface area contributed by atoms with Gasteiger partial charge in [-0.05, 0) is 32.4 Å². The molecule has 1 saturated heterocycles. The van der Waals surface area contributed by atoms with Gasteiger partial charge in [0.05, 0.1) is 16.4 Å². The number of Topliss-reactive ketones (excluding diaryl/α,β-unsaturated/α-hetero) is 1. The number of nitrogens with one attached hydrogen (secondary N) is 1. The average Bonchev–Trinajstić information content (AvgIpc) is 2.62. The third-order valence-corrected chi connectivity index (χ3v) is 7.01. The van der Waals surface area contributed by atoms with Crippen molar-refractivity contribution in [1.29, 1.82) is 0 Å². The van der Waals surface area contributed by atoms with Gasteiger partial charge in [-0.2, -0.15) is 0 Å². The van der Waals surface area contributed by atoms with Gasteiger partial charge in [0, 0.05) is 11.1 Å². The summed E-state index contributed by atoms with van der Waals surface area (Å²) < 4.78 is 50.1. The standard InChI is InChI=1S/C13H17NO5S2/c1-10(15)11-3-5-12(6-4-11)21(18,19)14-13(2)7-8-20(16,17)9-13/h3-6,14H,7-9H2,1-2H3/t13-/m1/s1. The molecule has 1 aliphatic heterocycles. The number of ketones is 1. The van der Waals surface area contributed by atoms with Crippen molar-refractivity contribution in [2.24, 2.45) is 0 Å². The van der Waals surface area contributed by atoms with Gasteiger partial charge >= 0.3 is 0 Å². The summed E-state index contributed by atoms with van der Waals surface area (Å²) in [7, 11) is -7.02. The molecule has 116 valence electrons. The molecule has 8 heteroatoms. The molecule has 0 spiro atoms. The maximum absolute atomic E-state index is 12.3. The minimum Gasteiger partial charge on any atom is -0.295 e. The van der Waals surface area contributed by atoms with E-state index in [0.29, 0.717) is 5.56 Å². The molecule has 6 nitrogen and oxygen atoms in total. The van der Waals surface area contributed by atoms with E-state index in [1.54, 1.807) is 6.92 Å². The number of sulfonamides is 1. The second kappa shape index (κ2) is 5.19. The third kappa shape index (κ3) is 3.69. The van der Waals surface area contributed by atoms with Crippen LogP contribution in [-0.4, -0.2) is 39.7 Å². The summed E-state index contributed by atoms with van der Waals surface area (Å²) in [5, 5.41) is 0. The Labute approximate surface area is 124 Å². The highest BCUT2D eigenvalue weighted by Crippen LogP contribution is 2.25. The first-order valence-corrected chi connectivity index (χ1v) is 9.69. The number of benzene rings is 1. The van der Waals surface area contributed by atoms with Gasteiger partial charge < -0.3 is 0 Å². The van der Waals surface area contributed by atoms with Gasteiger partial charge in [0.2, 0.25) is 10.0 Å². The molecule has 1 atom stereocenters. The highest BCUT2D eigenvalue weighted by atomic mass is 32.2. The first kappa shape index (κ1) is 16.1. The molecule has 21 heavy (non-hydrogen) atoms. The van der Waals surface area contributed by atoms with Crippen LogP contribution in [0.2, 0.25) is 0 Å². The third-order valence-electron chi connectivity index (χ3n) is 3.46. The molecule has 0 saturated carbocycles. The summed E-state index contributed by atoms with van der Waals surface area (Å²) in [5.41, 5.74) is -0.569. The van der Waals surface area contributed by atoms with Crippen LogP contribution >= 0.6 is 0 Å². The summed E-state index contributed by atoms with van der Waals surface area (Å²) in [4.78, 5) is 11.2. The summed E-state index contributed by atoms with van der Waals surface area (Å²) in [6.07, 6.45) is 0.250. The molecule has 1 aliphatic rings. The van der Waals surface area contributed by atoms with Crippen LogP contribution in [0.25, 0.3) is 0 Å². The molecule has 2 rings (SSSR count). The van der Waals surface area contributed by atoms with Gasteiger partial charge in [-0.3, -0.25) is 4.79 Å². The number of hydrogen-bond donors (Lipinski definition) is 1. The van der Waals surface area contributed by atoms with Crippen molar-refractivity contribution in [3.05, 3.63) is 29.8 Å². The summed E-state index contributed by atoms with van der Waals surface area (Å²) in [6, 6.07) is 5.55. The van der Waals surface area contributed by atoms with Crippen molar-refractivity contribution >= 4 is 25.6 Å². The summed E-state index contributed by atoms with van der Waals surface area (Å²) in [5.74, 6) is -0.374. The Bertz CT molecular complexity index is 765. The van der Waals surface area contributed by atoms with E-state index in [1.807, 2.05) is 0 Å². The molecule has 1 N–H and O–H groups in total. The lowest BCUT2D eigenvalue weighted by Crippen LogP contribution is -2.46. The Morgan fingerprint density at radius 1 is 1.24 bits per heavy atom. The highest BCUT2D eigenvalue weighted by Gasteiger charge is 2.41. The number of sulfone groups is 1. The molecule has 0 aromatic heterocycles. The van der Waals surface area contributed by atoms with E-state index in [9.17, 15) is 21.6 Å². The van der Waals surface area contributed by atoms with E-state index < -0.39 is 25.4 Å². The zero-order valence-corrected chi connectivity index (χ0v) is 13.4. The Kier molecular flexibility index (Phi) is 3.98. The predicted molar refractivity (Wildman–Crippen MR) is 78.4 cm³/mol. The fourth-order valence-electron chi connectivity index (χ4n) is 2.34. The van der Waals surface area contributed by atoms with E-state index >= 15 is 0 Å². The molecule has 1 fully saturated rings. The number of carbonyl (C=O) groups excluding carboxylic acids is 1. The summed E-state index contributed by atoms with van der Waals surface area (Å²) >= 11 is 0.